The lowest BCUT2D eigenvalue weighted by Gasteiger charge is -2.36. The maximum Gasteiger partial charge on any atom is 0.191 e. The normalized spacial score (nSPS) is 19.3. The number of likely N-dealkylation sites (tertiary alicyclic amines) is 1. The molecule has 172 valence electrons. The Hall–Kier alpha value is -1.42. The van der Waals surface area contributed by atoms with Gasteiger partial charge in [0.2, 0.25) is 0 Å². The summed E-state index contributed by atoms with van der Waals surface area (Å²) < 4.78 is 2.04. The number of pyridine rings is 1. The third kappa shape index (κ3) is 7.03. The van der Waals surface area contributed by atoms with E-state index in [2.05, 4.69) is 32.7 Å². The van der Waals surface area contributed by atoms with Gasteiger partial charge in [0.15, 0.2) is 11.6 Å². The molecule has 2 N–H and O–H groups in total. The van der Waals surface area contributed by atoms with Crippen LogP contribution in [0.25, 0.3) is 5.65 Å². The van der Waals surface area contributed by atoms with E-state index >= 15 is 0 Å². The van der Waals surface area contributed by atoms with Crippen LogP contribution in [0.1, 0.15) is 57.7 Å². The van der Waals surface area contributed by atoms with E-state index in [1.165, 1.54) is 64.6 Å². The lowest BCUT2D eigenvalue weighted by Crippen LogP contribution is -2.49. The summed E-state index contributed by atoms with van der Waals surface area (Å²) in [6, 6.07) is 6.49. The first-order chi connectivity index (χ1) is 14.8. The second-order valence-electron chi connectivity index (χ2n) is 8.78. The second-order valence-corrected chi connectivity index (χ2v) is 8.78. The standard InChI is InChI=1S/C23H37N7.HI/c1-2-24-23(25-14-11-22-28-27-21-10-6-7-15-30(21)22)26-20-12-16-29(17-13-20)18-19-8-4-3-5-9-19;/h6-7,10,15,19-20H,2-5,8-9,11-14,16-18H2,1H3,(H2,24,25,26);1H. The summed E-state index contributed by atoms with van der Waals surface area (Å²) in [6.45, 7) is 7.42. The molecule has 2 aliphatic rings. The lowest BCUT2D eigenvalue weighted by atomic mass is 9.88. The third-order valence-electron chi connectivity index (χ3n) is 6.50. The minimum absolute atomic E-state index is 0. The number of aliphatic imine (C=N–C) groups is 1. The van der Waals surface area contributed by atoms with E-state index in [0.29, 0.717) is 12.6 Å². The molecule has 31 heavy (non-hydrogen) atoms. The molecule has 2 aromatic rings. The van der Waals surface area contributed by atoms with Crippen molar-refractivity contribution in [2.45, 2.75) is 64.3 Å². The molecule has 3 heterocycles. The van der Waals surface area contributed by atoms with Crippen LogP contribution in [-0.2, 0) is 6.42 Å². The van der Waals surface area contributed by atoms with E-state index in [-0.39, 0.29) is 24.0 Å². The Bertz CT molecular complexity index is 807. The SMILES string of the molecule is CCNC(=NCCc1nnc2ccccn12)NC1CCN(CC2CCCCC2)CC1.I. The number of rotatable bonds is 7. The number of halogens is 1. The number of guanidine groups is 1. The smallest absolute Gasteiger partial charge is 0.191 e. The number of fused-ring (bicyclic) bond motifs is 1. The first-order valence-electron chi connectivity index (χ1n) is 11.9. The van der Waals surface area contributed by atoms with Gasteiger partial charge in [0, 0.05) is 51.4 Å². The minimum atomic E-state index is 0. The molecule has 0 radical (unpaired) electrons. The van der Waals surface area contributed by atoms with Crippen LogP contribution in [0.15, 0.2) is 29.4 Å². The molecule has 0 amide bonds. The molecule has 7 nitrogen and oxygen atoms in total. The van der Waals surface area contributed by atoms with Crippen molar-refractivity contribution in [1.29, 1.82) is 0 Å². The lowest BCUT2D eigenvalue weighted by molar-refractivity contribution is 0.160. The number of aromatic nitrogens is 3. The number of hydrogen-bond donors (Lipinski definition) is 2. The Morgan fingerprint density at radius 2 is 1.90 bits per heavy atom. The van der Waals surface area contributed by atoms with Gasteiger partial charge in [-0.3, -0.25) is 9.39 Å². The molecule has 0 aromatic carbocycles. The first-order valence-corrected chi connectivity index (χ1v) is 11.9. The van der Waals surface area contributed by atoms with Crippen LogP contribution in [0.2, 0.25) is 0 Å². The zero-order chi connectivity index (χ0) is 20.6. The molecule has 1 aliphatic carbocycles. The highest BCUT2D eigenvalue weighted by atomic mass is 127. The topological polar surface area (TPSA) is 69.8 Å². The Balaban J connectivity index is 0.00000272. The summed E-state index contributed by atoms with van der Waals surface area (Å²) in [4.78, 5) is 7.49. The van der Waals surface area contributed by atoms with Crippen LogP contribution >= 0.6 is 24.0 Å². The van der Waals surface area contributed by atoms with Crippen LogP contribution in [0.4, 0.5) is 0 Å². The van der Waals surface area contributed by atoms with E-state index in [4.69, 9.17) is 4.99 Å². The van der Waals surface area contributed by atoms with Gasteiger partial charge < -0.3 is 15.5 Å². The number of nitrogens with zero attached hydrogens (tertiary/aromatic N) is 5. The quantitative estimate of drug-likeness (QED) is 0.321. The van der Waals surface area contributed by atoms with Gasteiger partial charge in [-0.1, -0.05) is 25.3 Å². The van der Waals surface area contributed by atoms with Crippen molar-refractivity contribution < 1.29 is 0 Å². The summed E-state index contributed by atoms with van der Waals surface area (Å²) in [5.41, 5.74) is 0.890. The summed E-state index contributed by atoms with van der Waals surface area (Å²) in [5, 5.41) is 15.6. The summed E-state index contributed by atoms with van der Waals surface area (Å²) in [6.07, 6.45) is 12.4. The predicted molar refractivity (Wildman–Crippen MR) is 137 cm³/mol. The van der Waals surface area contributed by atoms with Crippen molar-refractivity contribution in [2.75, 3.05) is 32.7 Å². The first kappa shape index (κ1) is 24.2. The third-order valence-corrected chi connectivity index (χ3v) is 6.50. The maximum absolute atomic E-state index is 4.80. The Labute approximate surface area is 203 Å². The van der Waals surface area contributed by atoms with Gasteiger partial charge in [-0.05, 0) is 50.7 Å². The predicted octanol–water partition coefficient (Wildman–Crippen LogP) is 3.49. The molecule has 0 unspecified atom stereocenters. The molecule has 0 atom stereocenters. The summed E-state index contributed by atoms with van der Waals surface area (Å²) >= 11 is 0. The monoisotopic (exact) mass is 539 g/mol. The van der Waals surface area contributed by atoms with Crippen LogP contribution in [0, 0.1) is 5.92 Å². The van der Waals surface area contributed by atoms with Gasteiger partial charge in [0.1, 0.15) is 5.82 Å². The van der Waals surface area contributed by atoms with Gasteiger partial charge in [0.25, 0.3) is 0 Å². The highest BCUT2D eigenvalue weighted by Gasteiger charge is 2.23. The van der Waals surface area contributed by atoms with Crippen molar-refractivity contribution in [1.82, 2.24) is 30.1 Å². The molecule has 0 spiro atoms. The molecular weight excluding hydrogens is 501 g/mol. The Morgan fingerprint density at radius 3 is 2.68 bits per heavy atom. The average molecular weight is 540 g/mol. The van der Waals surface area contributed by atoms with Crippen molar-refractivity contribution in [2.24, 2.45) is 10.9 Å². The largest absolute Gasteiger partial charge is 0.357 e. The maximum atomic E-state index is 4.80. The zero-order valence-electron chi connectivity index (χ0n) is 18.8. The summed E-state index contributed by atoms with van der Waals surface area (Å²) in [7, 11) is 0. The van der Waals surface area contributed by atoms with E-state index in [0.717, 1.165) is 36.3 Å². The highest BCUT2D eigenvalue weighted by Crippen LogP contribution is 2.25. The molecule has 1 aliphatic heterocycles. The van der Waals surface area contributed by atoms with Gasteiger partial charge in [-0.2, -0.15) is 0 Å². The van der Waals surface area contributed by atoms with Gasteiger partial charge in [-0.25, -0.2) is 0 Å². The van der Waals surface area contributed by atoms with E-state index in [1.54, 1.807) is 0 Å². The van der Waals surface area contributed by atoms with E-state index in [1.807, 2.05) is 28.8 Å². The van der Waals surface area contributed by atoms with Crippen LogP contribution in [0.3, 0.4) is 0 Å². The summed E-state index contributed by atoms with van der Waals surface area (Å²) in [5.74, 6) is 2.83. The molecular formula is C23H38IN7. The van der Waals surface area contributed by atoms with Crippen molar-refractivity contribution in [3.05, 3.63) is 30.2 Å². The fourth-order valence-corrected chi connectivity index (χ4v) is 4.84. The van der Waals surface area contributed by atoms with Crippen LogP contribution in [0.5, 0.6) is 0 Å². The number of piperidine rings is 1. The fraction of sp³-hybridized carbons (Fsp3) is 0.696. The average Bonchev–Trinajstić information content (AvgIpc) is 3.19. The molecule has 8 heteroatoms. The second kappa shape index (κ2) is 12.6. The fourth-order valence-electron chi connectivity index (χ4n) is 4.84. The Kier molecular flexibility index (Phi) is 9.83. The van der Waals surface area contributed by atoms with E-state index in [9.17, 15) is 0 Å². The van der Waals surface area contributed by atoms with Crippen LogP contribution in [-0.4, -0.2) is 64.2 Å². The minimum Gasteiger partial charge on any atom is -0.357 e. The number of hydrogen-bond acceptors (Lipinski definition) is 4. The zero-order valence-corrected chi connectivity index (χ0v) is 21.1. The molecule has 4 rings (SSSR count). The molecule has 1 saturated heterocycles. The van der Waals surface area contributed by atoms with Gasteiger partial charge in [-0.15, -0.1) is 34.2 Å². The number of nitrogens with one attached hydrogen (secondary N) is 2. The molecule has 2 aromatic heterocycles. The van der Waals surface area contributed by atoms with Crippen molar-refractivity contribution in [3.8, 4) is 0 Å². The van der Waals surface area contributed by atoms with Gasteiger partial charge >= 0.3 is 0 Å². The highest BCUT2D eigenvalue weighted by molar-refractivity contribution is 14.0. The van der Waals surface area contributed by atoms with Gasteiger partial charge in [0.05, 0.1) is 0 Å². The molecule has 1 saturated carbocycles. The Morgan fingerprint density at radius 1 is 1.10 bits per heavy atom. The van der Waals surface area contributed by atoms with E-state index < -0.39 is 0 Å². The van der Waals surface area contributed by atoms with Crippen molar-refractivity contribution in [3.63, 3.8) is 0 Å². The molecule has 2 fully saturated rings. The van der Waals surface area contributed by atoms with Crippen LogP contribution < -0.4 is 10.6 Å². The van der Waals surface area contributed by atoms with Crippen molar-refractivity contribution >= 4 is 35.6 Å². The molecule has 0 bridgehead atoms.